The Labute approximate surface area is 128 Å². The summed E-state index contributed by atoms with van der Waals surface area (Å²) < 4.78 is 0. The molecule has 2 aromatic rings. The van der Waals surface area contributed by atoms with Crippen LogP contribution in [0.25, 0.3) is 10.8 Å². The van der Waals surface area contributed by atoms with Gasteiger partial charge in [-0.15, -0.1) is 5.92 Å². The molecule has 0 spiro atoms. The molecule has 0 bridgehead atoms. The number of aromatic carboxylic acids is 2. The molecule has 0 unspecified atom stereocenters. The van der Waals surface area contributed by atoms with Gasteiger partial charge in [-0.2, -0.15) is 0 Å². The minimum atomic E-state index is -1.07. The average Bonchev–Trinajstić information content (AvgIpc) is 2.49. The molecule has 2 N–H and O–H groups in total. The molecule has 2 rings (SSSR count). The number of hydrogen-bond acceptors (Lipinski definition) is 2. The van der Waals surface area contributed by atoms with Crippen molar-refractivity contribution in [1.29, 1.82) is 0 Å². The van der Waals surface area contributed by atoms with E-state index in [1.165, 1.54) is 6.07 Å². The lowest BCUT2D eigenvalue weighted by Gasteiger charge is -2.09. The SMILES string of the molecule is CCCC#CCc1ccc2c(C(=O)O)cccc2c1C(=O)O. The predicted octanol–water partition coefficient (Wildman–Crippen LogP) is 3.58. The number of unbranched alkanes of at least 4 members (excludes halogenated alkanes) is 1. The highest BCUT2D eigenvalue weighted by molar-refractivity contribution is 6.11. The summed E-state index contributed by atoms with van der Waals surface area (Å²) in [6.45, 7) is 2.03. The van der Waals surface area contributed by atoms with Gasteiger partial charge in [-0.3, -0.25) is 0 Å². The highest BCUT2D eigenvalue weighted by atomic mass is 16.4. The quantitative estimate of drug-likeness (QED) is 0.846. The van der Waals surface area contributed by atoms with Gasteiger partial charge in [0.15, 0.2) is 0 Å². The Bertz CT molecular complexity index is 794. The standard InChI is InChI=1S/C18H16O4/c1-2-3-4-5-7-12-10-11-13-14(16(12)18(21)22)8-6-9-15(13)17(19)20/h6,8-11H,2-3,7H2,1H3,(H,19,20)(H,21,22). The first-order valence-corrected chi connectivity index (χ1v) is 7.03. The molecule has 2 aromatic carbocycles. The molecule has 0 aliphatic rings. The van der Waals surface area contributed by atoms with Gasteiger partial charge in [0.2, 0.25) is 0 Å². The van der Waals surface area contributed by atoms with E-state index in [0.717, 1.165) is 12.8 Å². The summed E-state index contributed by atoms with van der Waals surface area (Å²) in [6.07, 6.45) is 2.08. The third-order valence-electron chi connectivity index (χ3n) is 3.37. The zero-order chi connectivity index (χ0) is 16.1. The molecule has 4 heteroatoms. The third-order valence-corrected chi connectivity index (χ3v) is 3.37. The first-order chi connectivity index (χ1) is 10.6. The number of carboxylic acid groups (broad SMARTS) is 2. The molecule has 0 saturated carbocycles. The molecule has 0 amide bonds. The molecule has 0 aliphatic heterocycles. The lowest BCUT2D eigenvalue weighted by atomic mass is 9.94. The van der Waals surface area contributed by atoms with Gasteiger partial charge in [0.1, 0.15) is 0 Å². The van der Waals surface area contributed by atoms with Crippen molar-refractivity contribution in [2.45, 2.75) is 26.2 Å². The minimum Gasteiger partial charge on any atom is -0.478 e. The fourth-order valence-electron chi connectivity index (χ4n) is 2.36. The van der Waals surface area contributed by atoms with E-state index in [1.807, 2.05) is 6.92 Å². The summed E-state index contributed by atoms with van der Waals surface area (Å²) >= 11 is 0. The van der Waals surface area contributed by atoms with Gasteiger partial charge in [-0.25, -0.2) is 9.59 Å². The number of rotatable bonds is 4. The van der Waals surface area contributed by atoms with Crippen LogP contribution in [-0.4, -0.2) is 22.2 Å². The molecule has 0 aliphatic carbocycles. The highest BCUT2D eigenvalue weighted by Crippen LogP contribution is 2.26. The fraction of sp³-hybridized carbons (Fsp3) is 0.222. The molecule has 0 atom stereocenters. The molecule has 0 saturated heterocycles. The second-order valence-electron chi connectivity index (χ2n) is 4.89. The number of fused-ring (bicyclic) bond motifs is 1. The van der Waals surface area contributed by atoms with E-state index < -0.39 is 11.9 Å². The van der Waals surface area contributed by atoms with Crippen molar-refractivity contribution in [3.63, 3.8) is 0 Å². The minimum absolute atomic E-state index is 0.101. The van der Waals surface area contributed by atoms with Crippen molar-refractivity contribution in [3.05, 3.63) is 47.0 Å². The molecule has 0 heterocycles. The smallest absolute Gasteiger partial charge is 0.336 e. The maximum atomic E-state index is 11.6. The maximum Gasteiger partial charge on any atom is 0.336 e. The van der Waals surface area contributed by atoms with Crippen LogP contribution in [0.5, 0.6) is 0 Å². The van der Waals surface area contributed by atoms with E-state index in [2.05, 4.69) is 11.8 Å². The first-order valence-electron chi connectivity index (χ1n) is 7.03. The van der Waals surface area contributed by atoms with Crippen molar-refractivity contribution in [1.82, 2.24) is 0 Å². The summed E-state index contributed by atoms with van der Waals surface area (Å²) in [5.74, 6) is 3.82. The van der Waals surface area contributed by atoms with E-state index in [-0.39, 0.29) is 11.1 Å². The highest BCUT2D eigenvalue weighted by Gasteiger charge is 2.17. The summed E-state index contributed by atoms with van der Waals surface area (Å²) in [6, 6.07) is 7.97. The van der Waals surface area contributed by atoms with Crippen molar-refractivity contribution >= 4 is 22.7 Å². The number of carboxylic acids is 2. The lowest BCUT2D eigenvalue weighted by Crippen LogP contribution is -2.05. The van der Waals surface area contributed by atoms with Crippen molar-refractivity contribution in [3.8, 4) is 11.8 Å². The normalized spacial score (nSPS) is 10.0. The van der Waals surface area contributed by atoms with Crippen LogP contribution in [0.2, 0.25) is 0 Å². The van der Waals surface area contributed by atoms with Crippen molar-refractivity contribution in [2.75, 3.05) is 0 Å². The van der Waals surface area contributed by atoms with E-state index in [4.69, 9.17) is 0 Å². The Morgan fingerprint density at radius 2 is 1.77 bits per heavy atom. The van der Waals surface area contributed by atoms with Gasteiger partial charge >= 0.3 is 11.9 Å². The van der Waals surface area contributed by atoms with Crippen LogP contribution in [0.3, 0.4) is 0 Å². The molecule has 0 fully saturated rings. The van der Waals surface area contributed by atoms with E-state index in [0.29, 0.717) is 22.8 Å². The van der Waals surface area contributed by atoms with E-state index in [9.17, 15) is 19.8 Å². The van der Waals surface area contributed by atoms with Gasteiger partial charge in [-0.05, 0) is 28.8 Å². The molecular formula is C18H16O4. The Balaban J connectivity index is 2.61. The van der Waals surface area contributed by atoms with Gasteiger partial charge < -0.3 is 10.2 Å². The molecule has 112 valence electrons. The zero-order valence-electron chi connectivity index (χ0n) is 12.2. The Morgan fingerprint density at radius 1 is 1.00 bits per heavy atom. The molecule has 4 nitrogen and oxygen atoms in total. The van der Waals surface area contributed by atoms with Gasteiger partial charge in [-0.1, -0.05) is 37.1 Å². The van der Waals surface area contributed by atoms with Crippen LogP contribution in [0.4, 0.5) is 0 Å². The summed E-state index contributed by atoms with van der Waals surface area (Å²) in [7, 11) is 0. The summed E-state index contributed by atoms with van der Waals surface area (Å²) in [4.78, 5) is 22.9. The van der Waals surface area contributed by atoms with Crippen LogP contribution >= 0.6 is 0 Å². The predicted molar refractivity (Wildman–Crippen MR) is 84.3 cm³/mol. The van der Waals surface area contributed by atoms with Crippen LogP contribution < -0.4 is 0 Å². The third kappa shape index (κ3) is 3.09. The van der Waals surface area contributed by atoms with Gasteiger partial charge in [0.05, 0.1) is 11.1 Å². The van der Waals surface area contributed by atoms with Gasteiger partial charge in [0.25, 0.3) is 0 Å². The first kappa shape index (κ1) is 15.6. The Kier molecular flexibility index (Phi) is 4.80. The van der Waals surface area contributed by atoms with Gasteiger partial charge in [0, 0.05) is 12.8 Å². The second kappa shape index (κ2) is 6.77. The number of carbonyl (C=O) groups is 2. The van der Waals surface area contributed by atoms with Crippen LogP contribution in [-0.2, 0) is 6.42 Å². The zero-order valence-corrected chi connectivity index (χ0v) is 12.2. The van der Waals surface area contributed by atoms with Crippen molar-refractivity contribution in [2.24, 2.45) is 0 Å². The van der Waals surface area contributed by atoms with Crippen LogP contribution in [0.1, 0.15) is 46.0 Å². The second-order valence-corrected chi connectivity index (χ2v) is 4.89. The largest absolute Gasteiger partial charge is 0.478 e. The fourth-order valence-corrected chi connectivity index (χ4v) is 2.36. The monoisotopic (exact) mass is 296 g/mol. The number of hydrogen-bond donors (Lipinski definition) is 2. The molecule has 22 heavy (non-hydrogen) atoms. The topological polar surface area (TPSA) is 74.6 Å². The number of benzene rings is 2. The molecule has 0 aromatic heterocycles. The van der Waals surface area contributed by atoms with Crippen molar-refractivity contribution < 1.29 is 19.8 Å². The maximum absolute atomic E-state index is 11.6. The summed E-state index contributed by atoms with van der Waals surface area (Å²) in [5, 5.41) is 19.6. The average molecular weight is 296 g/mol. The Morgan fingerprint density at radius 3 is 2.41 bits per heavy atom. The summed E-state index contributed by atoms with van der Waals surface area (Å²) in [5.41, 5.74) is 0.834. The Hall–Kier alpha value is -2.80. The van der Waals surface area contributed by atoms with E-state index in [1.54, 1.807) is 24.3 Å². The molecule has 0 radical (unpaired) electrons. The lowest BCUT2D eigenvalue weighted by molar-refractivity contribution is 0.0686. The molecular weight excluding hydrogens is 280 g/mol. The van der Waals surface area contributed by atoms with Crippen LogP contribution in [0, 0.1) is 11.8 Å². The van der Waals surface area contributed by atoms with E-state index >= 15 is 0 Å². The van der Waals surface area contributed by atoms with Crippen LogP contribution in [0.15, 0.2) is 30.3 Å².